The number of hydrogen-bond acceptors (Lipinski definition) is 6. The van der Waals surface area contributed by atoms with Crippen molar-refractivity contribution in [3.8, 4) is 17.2 Å². The van der Waals surface area contributed by atoms with Gasteiger partial charge in [-0.2, -0.15) is 0 Å². The molecule has 3 atom stereocenters. The van der Waals surface area contributed by atoms with E-state index in [4.69, 9.17) is 19.3 Å². The molecule has 0 fully saturated rings. The summed E-state index contributed by atoms with van der Waals surface area (Å²) < 4.78 is 16.5. The molecule has 0 unspecified atom stereocenters. The van der Waals surface area contributed by atoms with E-state index in [0.29, 0.717) is 18.0 Å². The van der Waals surface area contributed by atoms with E-state index in [1.165, 1.54) is 0 Å². The molecule has 0 radical (unpaired) electrons. The lowest BCUT2D eigenvalue weighted by atomic mass is 10.1. The van der Waals surface area contributed by atoms with Gasteiger partial charge in [0.1, 0.15) is 25.1 Å². The number of fused-ring (bicyclic) bond motifs is 1. The Morgan fingerprint density at radius 3 is 2.79 bits per heavy atom. The molecule has 0 bridgehead atoms. The number of aliphatic carboxylic acids is 1. The molecule has 0 spiro atoms. The quantitative estimate of drug-likeness (QED) is 0.604. The molecule has 1 aliphatic heterocycles. The fraction of sp³-hybridized carbons (Fsp3) is 0.381. The third kappa shape index (κ3) is 5.61. The molecule has 2 aromatic carbocycles. The lowest BCUT2D eigenvalue weighted by molar-refractivity contribution is -0.147. The van der Waals surface area contributed by atoms with Gasteiger partial charge in [-0.1, -0.05) is 24.3 Å². The summed E-state index contributed by atoms with van der Waals surface area (Å²) in [5, 5.41) is 22.4. The van der Waals surface area contributed by atoms with E-state index < -0.39 is 18.2 Å². The van der Waals surface area contributed by atoms with Crippen LogP contribution in [0.25, 0.3) is 0 Å². The van der Waals surface area contributed by atoms with Gasteiger partial charge in [0.25, 0.3) is 0 Å². The third-order valence-electron chi connectivity index (χ3n) is 4.37. The average molecular weight is 387 g/mol. The molecule has 0 amide bonds. The number of benzene rings is 2. The van der Waals surface area contributed by atoms with Gasteiger partial charge in [-0.3, -0.25) is 0 Å². The number of carboxylic acids is 1. The Morgan fingerprint density at radius 1 is 1.25 bits per heavy atom. The fourth-order valence-corrected chi connectivity index (χ4v) is 2.90. The summed E-state index contributed by atoms with van der Waals surface area (Å²) in [6, 6.07) is 15.0. The van der Waals surface area contributed by atoms with Crippen molar-refractivity contribution in [1.29, 1.82) is 0 Å². The van der Waals surface area contributed by atoms with Crippen molar-refractivity contribution in [3.05, 3.63) is 54.1 Å². The Labute approximate surface area is 163 Å². The van der Waals surface area contributed by atoms with Gasteiger partial charge < -0.3 is 29.7 Å². The molecule has 0 aromatic heterocycles. The monoisotopic (exact) mass is 387 g/mol. The second-order valence-electron chi connectivity index (χ2n) is 6.83. The molecule has 2 aromatic rings. The Bertz CT molecular complexity index is 782. The smallest absolute Gasteiger partial charge is 0.348 e. The summed E-state index contributed by atoms with van der Waals surface area (Å²) in [6.07, 6.45) is -0.861. The maximum Gasteiger partial charge on any atom is 0.348 e. The van der Waals surface area contributed by atoms with Gasteiger partial charge in [-0.05, 0) is 43.2 Å². The van der Waals surface area contributed by atoms with E-state index in [2.05, 4.69) is 5.32 Å². The summed E-state index contributed by atoms with van der Waals surface area (Å²) in [7, 11) is 0. The molecule has 1 aliphatic rings. The van der Waals surface area contributed by atoms with Crippen molar-refractivity contribution < 1.29 is 29.2 Å². The van der Waals surface area contributed by atoms with Crippen molar-refractivity contribution in [2.45, 2.75) is 31.6 Å². The van der Waals surface area contributed by atoms with Crippen LogP contribution in [0.3, 0.4) is 0 Å². The largest absolute Gasteiger partial charge is 0.491 e. The van der Waals surface area contributed by atoms with Crippen LogP contribution < -0.4 is 19.5 Å². The maximum atomic E-state index is 11.0. The van der Waals surface area contributed by atoms with E-state index in [9.17, 15) is 9.90 Å². The molecule has 28 heavy (non-hydrogen) atoms. The molecule has 0 aliphatic carbocycles. The zero-order chi connectivity index (χ0) is 19.9. The summed E-state index contributed by atoms with van der Waals surface area (Å²) in [5.74, 6) is 0.688. The average Bonchev–Trinajstić information content (AvgIpc) is 2.71. The molecule has 7 heteroatoms. The van der Waals surface area contributed by atoms with Crippen LogP contribution in [0.5, 0.6) is 17.2 Å². The van der Waals surface area contributed by atoms with Crippen molar-refractivity contribution in [1.82, 2.24) is 5.32 Å². The zero-order valence-corrected chi connectivity index (χ0v) is 15.7. The lowest BCUT2D eigenvalue weighted by Crippen LogP contribution is -2.37. The number of rotatable bonds is 9. The van der Waals surface area contributed by atoms with Crippen LogP contribution in [-0.4, -0.2) is 54.2 Å². The highest BCUT2D eigenvalue weighted by Crippen LogP contribution is 2.33. The van der Waals surface area contributed by atoms with Gasteiger partial charge in [0.15, 0.2) is 11.5 Å². The first-order chi connectivity index (χ1) is 13.5. The second kappa shape index (κ2) is 9.43. The van der Waals surface area contributed by atoms with Gasteiger partial charge >= 0.3 is 5.97 Å². The van der Waals surface area contributed by atoms with Crippen LogP contribution in [0.1, 0.15) is 12.5 Å². The topological polar surface area (TPSA) is 97.3 Å². The maximum absolute atomic E-state index is 11.0. The predicted octanol–water partition coefficient (Wildman–Crippen LogP) is 1.87. The summed E-state index contributed by atoms with van der Waals surface area (Å²) in [5.41, 5.74) is 1.03. The van der Waals surface area contributed by atoms with Gasteiger partial charge in [0.05, 0.1) is 0 Å². The van der Waals surface area contributed by atoms with E-state index in [1.807, 2.05) is 49.4 Å². The van der Waals surface area contributed by atoms with Gasteiger partial charge in [0.2, 0.25) is 6.10 Å². The normalized spacial score (nSPS) is 17.6. The molecule has 3 rings (SSSR count). The molecule has 7 nitrogen and oxygen atoms in total. The SMILES string of the molecule is C[C@H](Cc1ccc2c(c1)OC[C@H](C(=O)O)O2)NC[C@H](O)COc1ccccc1. The van der Waals surface area contributed by atoms with Crippen LogP contribution in [0.4, 0.5) is 0 Å². The second-order valence-corrected chi connectivity index (χ2v) is 6.83. The Morgan fingerprint density at radius 2 is 2.04 bits per heavy atom. The first-order valence-electron chi connectivity index (χ1n) is 9.25. The standard InChI is InChI=1S/C21H25NO6/c1-14(22-11-16(23)12-26-17-5-3-2-4-6-17)9-15-7-8-18-19(10-15)27-13-20(28-18)21(24)25/h2-8,10,14,16,20,22-23H,9,11-13H2,1H3,(H,24,25)/t14-,16+,20-/m1/s1. The minimum absolute atomic E-state index is 0.00675. The minimum Gasteiger partial charge on any atom is -0.491 e. The Hall–Kier alpha value is -2.77. The third-order valence-corrected chi connectivity index (χ3v) is 4.37. The van der Waals surface area contributed by atoms with Crippen LogP contribution in [0.15, 0.2) is 48.5 Å². The molecule has 1 heterocycles. The van der Waals surface area contributed by atoms with Crippen molar-refractivity contribution in [2.75, 3.05) is 19.8 Å². The number of para-hydroxylation sites is 1. The number of hydrogen-bond donors (Lipinski definition) is 3. The number of carboxylic acid groups (broad SMARTS) is 1. The molecular formula is C21H25NO6. The number of ether oxygens (including phenoxy) is 3. The zero-order valence-electron chi connectivity index (χ0n) is 15.7. The van der Waals surface area contributed by atoms with Crippen molar-refractivity contribution in [3.63, 3.8) is 0 Å². The molecule has 3 N–H and O–H groups in total. The summed E-state index contributed by atoms with van der Waals surface area (Å²) >= 11 is 0. The van der Waals surface area contributed by atoms with Crippen LogP contribution in [0, 0.1) is 0 Å². The van der Waals surface area contributed by atoms with E-state index >= 15 is 0 Å². The number of nitrogens with one attached hydrogen (secondary N) is 1. The molecular weight excluding hydrogens is 362 g/mol. The van der Waals surface area contributed by atoms with E-state index in [1.54, 1.807) is 6.07 Å². The van der Waals surface area contributed by atoms with Crippen LogP contribution in [0.2, 0.25) is 0 Å². The van der Waals surface area contributed by atoms with Gasteiger partial charge in [0, 0.05) is 12.6 Å². The van der Waals surface area contributed by atoms with Gasteiger partial charge in [-0.25, -0.2) is 4.79 Å². The first-order valence-corrected chi connectivity index (χ1v) is 9.25. The van der Waals surface area contributed by atoms with Gasteiger partial charge in [-0.15, -0.1) is 0 Å². The van der Waals surface area contributed by atoms with E-state index in [0.717, 1.165) is 17.7 Å². The summed E-state index contributed by atoms with van der Waals surface area (Å²) in [6.45, 7) is 2.66. The van der Waals surface area contributed by atoms with Crippen LogP contribution in [-0.2, 0) is 11.2 Å². The van der Waals surface area contributed by atoms with Crippen molar-refractivity contribution in [2.24, 2.45) is 0 Å². The molecule has 0 saturated heterocycles. The summed E-state index contributed by atoms with van der Waals surface area (Å²) in [4.78, 5) is 11.0. The number of aliphatic hydroxyl groups excluding tert-OH is 1. The highest BCUT2D eigenvalue weighted by atomic mass is 16.6. The number of aliphatic hydroxyl groups is 1. The lowest BCUT2D eigenvalue weighted by Gasteiger charge is -2.24. The highest BCUT2D eigenvalue weighted by Gasteiger charge is 2.27. The molecule has 0 saturated carbocycles. The highest BCUT2D eigenvalue weighted by molar-refractivity contribution is 5.73. The Balaban J connectivity index is 1.43. The van der Waals surface area contributed by atoms with Crippen molar-refractivity contribution >= 4 is 5.97 Å². The minimum atomic E-state index is -1.04. The number of carbonyl (C=O) groups is 1. The fourth-order valence-electron chi connectivity index (χ4n) is 2.90. The van der Waals surface area contributed by atoms with E-state index in [-0.39, 0.29) is 19.3 Å². The Kier molecular flexibility index (Phi) is 6.73. The van der Waals surface area contributed by atoms with Crippen LogP contribution >= 0.6 is 0 Å². The molecule has 150 valence electrons. The predicted molar refractivity (Wildman–Crippen MR) is 103 cm³/mol. The first kappa shape index (κ1) is 20.0.